The summed E-state index contributed by atoms with van der Waals surface area (Å²) in [4.78, 5) is 33.9. The van der Waals surface area contributed by atoms with Crippen LogP contribution >= 0.6 is 0 Å². The van der Waals surface area contributed by atoms with Gasteiger partial charge in [-0.25, -0.2) is 10.5 Å². The smallest absolute Gasteiger partial charge is 0.357 e. The Morgan fingerprint density at radius 1 is 1.31 bits per heavy atom. The van der Waals surface area contributed by atoms with E-state index >= 15 is 0 Å². The van der Waals surface area contributed by atoms with Crippen molar-refractivity contribution in [1.82, 2.24) is 15.8 Å². The van der Waals surface area contributed by atoms with Crippen LogP contribution in [0.1, 0.15) is 25.3 Å². The quantitative estimate of drug-likeness (QED) is 0.738. The minimum absolute atomic E-state index is 0.167. The van der Waals surface area contributed by atoms with Gasteiger partial charge in [-0.1, -0.05) is 0 Å². The first kappa shape index (κ1) is 20.0. The molecule has 0 aliphatic carbocycles. The lowest BCUT2D eigenvalue weighted by atomic mass is 9.96. The number of carbonyl (C=O) groups excluding carboxylic acids is 2. The molecule has 0 saturated carbocycles. The van der Waals surface area contributed by atoms with Crippen molar-refractivity contribution in [3.05, 3.63) is 23.9 Å². The average Bonchev–Trinajstić information content (AvgIpc) is 2.64. The van der Waals surface area contributed by atoms with Crippen LogP contribution in [0.3, 0.4) is 0 Å². The van der Waals surface area contributed by atoms with Gasteiger partial charge >= 0.3 is 6.18 Å². The predicted octanol–water partition coefficient (Wildman–Crippen LogP) is 1.50. The summed E-state index contributed by atoms with van der Waals surface area (Å²) in [6.07, 6.45) is -2.54. The van der Waals surface area contributed by atoms with Crippen LogP contribution in [0.4, 0.5) is 19.0 Å². The van der Waals surface area contributed by atoms with E-state index in [0.29, 0.717) is 38.4 Å². The maximum absolute atomic E-state index is 12.6. The highest BCUT2D eigenvalue weighted by Crippen LogP contribution is 2.30. The molecule has 0 atom stereocenters. The van der Waals surface area contributed by atoms with Crippen LogP contribution < -0.4 is 15.7 Å². The second kappa shape index (κ2) is 8.84. The highest BCUT2D eigenvalue weighted by molar-refractivity contribution is 5.85. The van der Waals surface area contributed by atoms with Gasteiger partial charge in [-0.05, 0) is 31.9 Å². The number of piperidine rings is 1. The predicted molar refractivity (Wildman–Crippen MR) is 87.0 cm³/mol. The Balaban J connectivity index is 1.79. The molecule has 0 aromatic carbocycles. The van der Waals surface area contributed by atoms with E-state index in [1.165, 1.54) is 6.07 Å². The van der Waals surface area contributed by atoms with Crippen molar-refractivity contribution in [3.8, 4) is 0 Å². The molecule has 1 saturated heterocycles. The van der Waals surface area contributed by atoms with Crippen LogP contribution in [0.25, 0.3) is 0 Å². The summed E-state index contributed by atoms with van der Waals surface area (Å²) >= 11 is 0. The van der Waals surface area contributed by atoms with Crippen molar-refractivity contribution in [2.75, 3.05) is 31.1 Å². The third-order valence-electron chi connectivity index (χ3n) is 4.02. The Morgan fingerprint density at radius 3 is 2.54 bits per heavy atom. The number of rotatable bonds is 6. The van der Waals surface area contributed by atoms with Gasteiger partial charge in [-0.2, -0.15) is 13.2 Å². The molecule has 0 bridgehead atoms. The molecule has 2 N–H and O–H groups in total. The van der Waals surface area contributed by atoms with E-state index < -0.39 is 17.6 Å². The minimum atomic E-state index is -4.41. The van der Waals surface area contributed by atoms with Crippen LogP contribution in [0.5, 0.6) is 0 Å². The fourth-order valence-electron chi connectivity index (χ4n) is 2.61. The summed E-state index contributed by atoms with van der Waals surface area (Å²) in [6, 6.07) is 2.33. The molecule has 144 valence electrons. The zero-order valence-electron chi connectivity index (χ0n) is 14.3. The molecule has 0 unspecified atom stereocenters. The number of nitrogens with one attached hydrogen (secondary N) is 2. The molecule has 1 fully saturated rings. The van der Waals surface area contributed by atoms with Crippen LogP contribution in [0, 0.1) is 5.92 Å². The summed E-state index contributed by atoms with van der Waals surface area (Å²) in [5.74, 6) is -0.461. The number of aromatic nitrogens is 1. The van der Waals surface area contributed by atoms with Gasteiger partial charge in [-0.3, -0.25) is 14.4 Å². The maximum atomic E-state index is 12.6. The fraction of sp³-hybridized carbons (Fsp3) is 0.562. The number of pyridine rings is 1. The van der Waals surface area contributed by atoms with Gasteiger partial charge in [0.1, 0.15) is 5.82 Å². The van der Waals surface area contributed by atoms with E-state index in [1.807, 2.05) is 4.90 Å². The zero-order chi connectivity index (χ0) is 19.2. The number of alkyl halides is 3. The third kappa shape index (κ3) is 5.58. The molecule has 1 aromatic rings. The summed E-state index contributed by atoms with van der Waals surface area (Å²) in [5, 5.41) is 2.55. The first-order chi connectivity index (χ1) is 12.3. The molecule has 1 aliphatic heterocycles. The second-order valence-electron chi connectivity index (χ2n) is 5.84. The topological polar surface area (TPSA) is 83.6 Å². The van der Waals surface area contributed by atoms with E-state index in [-0.39, 0.29) is 18.4 Å². The van der Waals surface area contributed by atoms with E-state index in [2.05, 4.69) is 15.8 Å². The number of carbonyl (C=O) groups is 2. The van der Waals surface area contributed by atoms with E-state index in [0.717, 1.165) is 12.3 Å². The van der Waals surface area contributed by atoms with Crippen LogP contribution in [-0.4, -0.2) is 43.0 Å². The standard InChI is InChI=1S/C16H21F3N4O3/c1-2-26-22-14(24)10-21-15(25)11-5-7-23(8-6-11)13-4-3-12(9-20-13)16(17,18)19/h3-4,9,11H,2,5-8,10H2,1H3,(H,21,25)(H,22,24). The Hall–Kier alpha value is -2.36. The Kier molecular flexibility index (Phi) is 6.78. The minimum Gasteiger partial charge on any atom is -0.357 e. The van der Waals surface area contributed by atoms with Crippen LogP contribution in [0.2, 0.25) is 0 Å². The van der Waals surface area contributed by atoms with E-state index in [1.54, 1.807) is 6.92 Å². The van der Waals surface area contributed by atoms with Gasteiger partial charge in [-0.15, -0.1) is 0 Å². The summed E-state index contributed by atoms with van der Waals surface area (Å²) in [6.45, 7) is 2.89. The molecular formula is C16H21F3N4O3. The Morgan fingerprint density at radius 2 is 2.00 bits per heavy atom. The number of amides is 2. The van der Waals surface area contributed by atoms with Crippen LogP contribution in [0.15, 0.2) is 18.3 Å². The highest BCUT2D eigenvalue weighted by atomic mass is 19.4. The molecule has 2 amide bonds. The number of hydrogen-bond donors (Lipinski definition) is 2. The number of hydrogen-bond acceptors (Lipinski definition) is 5. The van der Waals surface area contributed by atoms with Gasteiger partial charge in [0, 0.05) is 25.2 Å². The molecule has 0 radical (unpaired) electrons. The van der Waals surface area contributed by atoms with E-state index in [4.69, 9.17) is 4.84 Å². The molecule has 26 heavy (non-hydrogen) atoms. The number of anilines is 1. The number of nitrogens with zero attached hydrogens (tertiary/aromatic N) is 2. The van der Waals surface area contributed by atoms with Crippen molar-refractivity contribution in [2.45, 2.75) is 25.9 Å². The lowest BCUT2D eigenvalue weighted by Crippen LogP contribution is -2.43. The zero-order valence-corrected chi connectivity index (χ0v) is 14.3. The molecule has 2 rings (SSSR count). The molecule has 0 spiro atoms. The molecular weight excluding hydrogens is 353 g/mol. The maximum Gasteiger partial charge on any atom is 0.417 e. The summed E-state index contributed by atoms with van der Waals surface area (Å²) in [7, 11) is 0. The number of halogens is 3. The van der Waals surface area contributed by atoms with Gasteiger partial charge in [0.2, 0.25) is 5.91 Å². The largest absolute Gasteiger partial charge is 0.417 e. The second-order valence-corrected chi connectivity index (χ2v) is 5.84. The molecule has 2 heterocycles. The van der Waals surface area contributed by atoms with Crippen LogP contribution in [-0.2, 0) is 20.6 Å². The summed E-state index contributed by atoms with van der Waals surface area (Å²) in [5.41, 5.74) is 1.39. The SMILES string of the molecule is CCONC(=O)CNC(=O)C1CCN(c2ccc(C(F)(F)F)cn2)CC1. The molecule has 7 nitrogen and oxygen atoms in total. The lowest BCUT2D eigenvalue weighted by Gasteiger charge is -2.32. The third-order valence-corrected chi connectivity index (χ3v) is 4.02. The fourth-order valence-corrected chi connectivity index (χ4v) is 2.61. The first-order valence-electron chi connectivity index (χ1n) is 8.27. The van der Waals surface area contributed by atoms with Crippen molar-refractivity contribution in [2.24, 2.45) is 5.92 Å². The number of hydroxylamine groups is 1. The van der Waals surface area contributed by atoms with Crippen molar-refractivity contribution in [1.29, 1.82) is 0 Å². The Bertz CT molecular complexity index is 614. The van der Waals surface area contributed by atoms with Crippen molar-refractivity contribution >= 4 is 17.6 Å². The average molecular weight is 374 g/mol. The first-order valence-corrected chi connectivity index (χ1v) is 8.27. The lowest BCUT2D eigenvalue weighted by molar-refractivity contribution is -0.137. The van der Waals surface area contributed by atoms with Gasteiger partial charge < -0.3 is 10.2 Å². The Labute approximate surface area is 148 Å². The highest BCUT2D eigenvalue weighted by Gasteiger charge is 2.31. The molecule has 1 aromatic heterocycles. The molecule has 10 heteroatoms. The van der Waals surface area contributed by atoms with Gasteiger partial charge in [0.05, 0.1) is 18.7 Å². The monoisotopic (exact) mass is 374 g/mol. The van der Waals surface area contributed by atoms with Crippen molar-refractivity contribution in [3.63, 3.8) is 0 Å². The van der Waals surface area contributed by atoms with Gasteiger partial charge in [0.15, 0.2) is 0 Å². The molecule has 1 aliphatic rings. The summed E-state index contributed by atoms with van der Waals surface area (Å²) < 4.78 is 37.7. The van der Waals surface area contributed by atoms with Crippen molar-refractivity contribution < 1.29 is 27.6 Å². The van der Waals surface area contributed by atoms with Gasteiger partial charge in [0.25, 0.3) is 5.91 Å². The van der Waals surface area contributed by atoms with E-state index in [9.17, 15) is 22.8 Å². The normalized spacial score (nSPS) is 15.6.